The zero-order valence-electron chi connectivity index (χ0n) is 21.4. The van der Waals surface area contributed by atoms with Crippen molar-refractivity contribution in [1.82, 2.24) is 19.3 Å². The molecule has 1 saturated heterocycles. The highest BCUT2D eigenvalue weighted by molar-refractivity contribution is 5.97. The molecule has 0 bridgehead atoms. The molecule has 2 aliphatic rings. The second kappa shape index (κ2) is 9.80. The van der Waals surface area contributed by atoms with Crippen molar-refractivity contribution in [2.45, 2.75) is 12.8 Å². The standard InChI is InChI=1S/C29H28N6O3/c1-33-9-3-4-20(15-33)16-37-25-11-23(21-7-5-19(12-30)6-8-21)28(35-18-31-14-24(25)35)22-10-26-29(32-13-22)34(2)27(36)17-38-26/h5-8,10-11,13-14,18,20H,3-4,9,15-17H2,1-2H3. The molecular weight excluding hydrogens is 480 g/mol. The first-order valence-corrected chi connectivity index (χ1v) is 12.7. The van der Waals surface area contributed by atoms with E-state index in [0.29, 0.717) is 29.7 Å². The second-order valence-electron chi connectivity index (χ2n) is 9.98. The van der Waals surface area contributed by atoms with E-state index in [-0.39, 0.29) is 12.5 Å². The molecule has 192 valence electrons. The van der Waals surface area contributed by atoms with Crippen LogP contribution in [0.4, 0.5) is 5.82 Å². The number of amides is 1. The number of carbonyl (C=O) groups is 1. The molecule has 1 amide bonds. The number of carbonyl (C=O) groups excluding carboxylic acids is 1. The number of aromatic nitrogens is 3. The lowest BCUT2D eigenvalue weighted by atomic mass is 9.98. The Balaban J connectivity index is 1.47. The summed E-state index contributed by atoms with van der Waals surface area (Å²) >= 11 is 0. The average molecular weight is 509 g/mol. The number of likely N-dealkylation sites (N-methyl/N-ethyl adjacent to an activating group) is 1. The normalized spacial score (nSPS) is 17.7. The molecule has 1 aromatic carbocycles. The van der Waals surface area contributed by atoms with Gasteiger partial charge in [0.25, 0.3) is 5.91 Å². The quantitative estimate of drug-likeness (QED) is 0.402. The molecule has 0 radical (unpaired) electrons. The first-order chi connectivity index (χ1) is 18.5. The van der Waals surface area contributed by atoms with E-state index in [1.807, 2.05) is 40.9 Å². The third-order valence-electron chi connectivity index (χ3n) is 7.33. The van der Waals surface area contributed by atoms with Gasteiger partial charge in [0.15, 0.2) is 18.2 Å². The maximum Gasteiger partial charge on any atom is 0.265 e. The summed E-state index contributed by atoms with van der Waals surface area (Å²) in [4.78, 5) is 25.0. The third-order valence-corrected chi connectivity index (χ3v) is 7.33. The Bertz CT molecular complexity index is 1560. The summed E-state index contributed by atoms with van der Waals surface area (Å²) in [5, 5.41) is 9.32. The summed E-state index contributed by atoms with van der Waals surface area (Å²) in [5.74, 6) is 2.12. The molecule has 6 rings (SSSR count). The van der Waals surface area contributed by atoms with Crippen LogP contribution in [0.5, 0.6) is 11.5 Å². The summed E-state index contributed by atoms with van der Waals surface area (Å²) < 4.78 is 14.2. The maximum atomic E-state index is 12.1. The molecule has 38 heavy (non-hydrogen) atoms. The van der Waals surface area contributed by atoms with Gasteiger partial charge in [0.2, 0.25) is 0 Å². The van der Waals surface area contributed by atoms with Crippen LogP contribution in [0.2, 0.25) is 0 Å². The van der Waals surface area contributed by atoms with Gasteiger partial charge < -0.3 is 14.4 Å². The van der Waals surface area contributed by atoms with Crippen LogP contribution in [0.25, 0.3) is 27.9 Å². The first kappa shape index (κ1) is 23.9. The van der Waals surface area contributed by atoms with E-state index in [1.165, 1.54) is 11.3 Å². The fourth-order valence-electron chi connectivity index (χ4n) is 5.31. The lowest BCUT2D eigenvalue weighted by Gasteiger charge is -2.29. The molecule has 4 aromatic rings. The van der Waals surface area contributed by atoms with E-state index in [2.05, 4.69) is 34.1 Å². The number of rotatable bonds is 5. The summed E-state index contributed by atoms with van der Waals surface area (Å²) in [6.07, 6.45) is 7.66. The van der Waals surface area contributed by atoms with Crippen molar-refractivity contribution in [3.8, 4) is 40.0 Å². The van der Waals surface area contributed by atoms with E-state index in [0.717, 1.165) is 53.2 Å². The van der Waals surface area contributed by atoms with Crippen molar-refractivity contribution in [1.29, 1.82) is 5.26 Å². The van der Waals surface area contributed by atoms with E-state index < -0.39 is 0 Å². The number of piperidine rings is 1. The Labute approximate surface area is 220 Å². The highest BCUT2D eigenvalue weighted by Crippen LogP contribution is 2.40. The van der Waals surface area contributed by atoms with Gasteiger partial charge in [-0.2, -0.15) is 5.26 Å². The van der Waals surface area contributed by atoms with Crippen molar-refractivity contribution in [2.75, 3.05) is 45.3 Å². The van der Waals surface area contributed by atoms with Crippen LogP contribution in [0.3, 0.4) is 0 Å². The number of hydrogen-bond acceptors (Lipinski definition) is 7. The van der Waals surface area contributed by atoms with E-state index in [9.17, 15) is 10.1 Å². The Morgan fingerprint density at radius 3 is 2.79 bits per heavy atom. The fourth-order valence-corrected chi connectivity index (χ4v) is 5.31. The van der Waals surface area contributed by atoms with Gasteiger partial charge in [0.05, 0.1) is 36.5 Å². The van der Waals surface area contributed by atoms with Gasteiger partial charge in [-0.1, -0.05) is 12.1 Å². The summed E-state index contributed by atoms with van der Waals surface area (Å²) in [5.41, 5.74) is 4.97. The fraction of sp³-hybridized carbons (Fsp3) is 0.310. The molecular formula is C29H28N6O3. The van der Waals surface area contributed by atoms with Gasteiger partial charge in [0, 0.05) is 36.8 Å². The molecule has 2 aliphatic heterocycles. The molecule has 0 aliphatic carbocycles. The van der Waals surface area contributed by atoms with Gasteiger partial charge in [-0.15, -0.1) is 0 Å². The molecule has 5 heterocycles. The van der Waals surface area contributed by atoms with Crippen LogP contribution < -0.4 is 14.4 Å². The molecule has 3 aromatic heterocycles. The minimum atomic E-state index is -0.140. The van der Waals surface area contributed by atoms with Crippen LogP contribution in [0.1, 0.15) is 18.4 Å². The molecule has 9 heteroatoms. The average Bonchev–Trinajstić information content (AvgIpc) is 3.43. The Kier molecular flexibility index (Phi) is 6.18. The Morgan fingerprint density at radius 2 is 2.00 bits per heavy atom. The summed E-state index contributed by atoms with van der Waals surface area (Å²) in [7, 11) is 3.85. The number of nitriles is 1. The molecule has 0 N–H and O–H groups in total. The van der Waals surface area contributed by atoms with Gasteiger partial charge in [0.1, 0.15) is 11.3 Å². The van der Waals surface area contributed by atoms with Gasteiger partial charge >= 0.3 is 0 Å². The summed E-state index contributed by atoms with van der Waals surface area (Å²) in [6.45, 7) is 2.75. The van der Waals surface area contributed by atoms with E-state index in [4.69, 9.17) is 9.47 Å². The minimum Gasteiger partial charge on any atom is -0.491 e. The second-order valence-corrected chi connectivity index (χ2v) is 9.98. The first-order valence-electron chi connectivity index (χ1n) is 12.7. The maximum absolute atomic E-state index is 12.1. The number of likely N-dealkylation sites (tertiary alicyclic amines) is 1. The van der Waals surface area contributed by atoms with E-state index >= 15 is 0 Å². The number of nitrogens with zero attached hydrogens (tertiary/aromatic N) is 6. The summed E-state index contributed by atoms with van der Waals surface area (Å²) in [6, 6.07) is 13.6. The van der Waals surface area contributed by atoms with Crippen LogP contribution in [0, 0.1) is 17.2 Å². The van der Waals surface area contributed by atoms with Gasteiger partial charge in [-0.3, -0.25) is 14.1 Å². The van der Waals surface area contributed by atoms with Crippen molar-refractivity contribution < 1.29 is 14.3 Å². The van der Waals surface area contributed by atoms with Crippen LogP contribution in [0.15, 0.2) is 55.1 Å². The third kappa shape index (κ3) is 4.33. The molecule has 0 saturated carbocycles. The number of fused-ring (bicyclic) bond motifs is 2. The smallest absolute Gasteiger partial charge is 0.265 e. The Morgan fingerprint density at radius 1 is 1.16 bits per heavy atom. The largest absolute Gasteiger partial charge is 0.491 e. The lowest BCUT2D eigenvalue weighted by molar-refractivity contribution is -0.121. The monoisotopic (exact) mass is 508 g/mol. The van der Waals surface area contributed by atoms with Gasteiger partial charge in [-0.05, 0) is 56.3 Å². The molecule has 0 spiro atoms. The molecule has 1 fully saturated rings. The minimum absolute atomic E-state index is 0.0271. The molecule has 1 atom stereocenters. The molecule has 9 nitrogen and oxygen atoms in total. The predicted octanol–water partition coefficient (Wildman–Crippen LogP) is 4.01. The SMILES string of the molecule is CN1CCCC(COc2cc(-c3ccc(C#N)cc3)c(-c3cnc4c(c3)OCC(=O)N4C)n3cncc23)C1. The number of benzene rings is 1. The predicted molar refractivity (Wildman–Crippen MR) is 143 cm³/mol. The number of ether oxygens (including phenoxy) is 2. The van der Waals surface area contributed by atoms with Crippen LogP contribution in [-0.4, -0.2) is 65.6 Å². The topological polar surface area (TPSA) is 96.0 Å². The van der Waals surface area contributed by atoms with Crippen LogP contribution >= 0.6 is 0 Å². The van der Waals surface area contributed by atoms with E-state index in [1.54, 1.807) is 19.6 Å². The van der Waals surface area contributed by atoms with Crippen molar-refractivity contribution in [2.24, 2.45) is 5.92 Å². The number of hydrogen-bond donors (Lipinski definition) is 0. The number of anilines is 1. The lowest BCUT2D eigenvalue weighted by Crippen LogP contribution is -2.36. The van der Waals surface area contributed by atoms with Crippen molar-refractivity contribution in [3.63, 3.8) is 0 Å². The zero-order valence-corrected chi connectivity index (χ0v) is 21.4. The number of imidazole rings is 1. The molecule has 1 unspecified atom stereocenters. The van der Waals surface area contributed by atoms with Crippen molar-refractivity contribution in [3.05, 3.63) is 60.7 Å². The van der Waals surface area contributed by atoms with Gasteiger partial charge in [-0.25, -0.2) is 9.97 Å². The highest BCUT2D eigenvalue weighted by atomic mass is 16.5. The number of pyridine rings is 2. The van der Waals surface area contributed by atoms with Crippen molar-refractivity contribution >= 4 is 17.2 Å². The Hall–Kier alpha value is -4.42. The van der Waals surface area contributed by atoms with Crippen LogP contribution in [-0.2, 0) is 4.79 Å². The highest BCUT2D eigenvalue weighted by Gasteiger charge is 2.26. The zero-order chi connectivity index (χ0) is 26.2.